The number of ether oxygens (including phenoxy) is 3. The zero-order valence-corrected chi connectivity index (χ0v) is 25.2. The van der Waals surface area contributed by atoms with Crippen LogP contribution in [0, 0.1) is 6.92 Å². The molecule has 0 fully saturated rings. The SMILES string of the molecule is Cc1ccc(S(=O)(=O)O)cc1OCCOCc1cn(Cc2cccc(COc3cnn(C(C)(C)C)c(=O)c3Cl)c2)nn1. The highest BCUT2D eigenvalue weighted by molar-refractivity contribution is 7.85. The van der Waals surface area contributed by atoms with Gasteiger partial charge in [-0.3, -0.25) is 9.35 Å². The fourth-order valence-corrected chi connectivity index (χ4v) is 4.61. The molecule has 224 valence electrons. The smallest absolute Gasteiger partial charge is 0.294 e. The Morgan fingerprint density at radius 3 is 2.50 bits per heavy atom. The zero-order valence-electron chi connectivity index (χ0n) is 23.7. The van der Waals surface area contributed by atoms with Crippen LogP contribution < -0.4 is 15.0 Å². The number of nitrogens with zero attached hydrogens (tertiary/aromatic N) is 5. The first-order valence-electron chi connectivity index (χ1n) is 13.0. The minimum Gasteiger partial charge on any atom is -0.491 e. The highest BCUT2D eigenvalue weighted by Crippen LogP contribution is 2.23. The van der Waals surface area contributed by atoms with E-state index >= 15 is 0 Å². The Morgan fingerprint density at radius 2 is 1.76 bits per heavy atom. The standard InChI is InChI=1S/C28H32ClN5O7S/c1-19-8-9-23(42(36,37)38)13-24(19)40-11-10-39-18-22-16-33(32-31-22)15-20-6-5-7-21(12-20)17-41-25-14-30-34(28(2,3)4)27(35)26(25)29/h5-9,12-14,16H,10-11,15,17-18H2,1-4H3,(H,36,37,38). The maximum Gasteiger partial charge on any atom is 0.294 e. The molecule has 0 aliphatic heterocycles. The quantitative estimate of drug-likeness (QED) is 0.182. The lowest BCUT2D eigenvalue weighted by Crippen LogP contribution is -2.36. The number of aryl methyl sites for hydroxylation is 1. The summed E-state index contributed by atoms with van der Waals surface area (Å²) in [6.45, 7) is 8.66. The Bertz CT molecular complexity index is 1710. The Hall–Kier alpha value is -3.78. The minimum atomic E-state index is -4.31. The summed E-state index contributed by atoms with van der Waals surface area (Å²) in [4.78, 5) is 12.3. The van der Waals surface area contributed by atoms with Gasteiger partial charge in [0.05, 0.1) is 42.6 Å². The van der Waals surface area contributed by atoms with Gasteiger partial charge in [0.1, 0.15) is 24.7 Å². The molecule has 2 aromatic heterocycles. The van der Waals surface area contributed by atoms with Crippen LogP contribution in [0.3, 0.4) is 0 Å². The lowest BCUT2D eigenvalue weighted by Gasteiger charge is -2.21. The zero-order chi connectivity index (χ0) is 30.5. The second-order valence-electron chi connectivity index (χ2n) is 10.5. The van der Waals surface area contributed by atoms with Crippen molar-refractivity contribution in [1.29, 1.82) is 0 Å². The third kappa shape index (κ3) is 8.16. The second kappa shape index (κ2) is 13.0. The van der Waals surface area contributed by atoms with Gasteiger partial charge in [-0.1, -0.05) is 47.1 Å². The second-order valence-corrected chi connectivity index (χ2v) is 12.3. The fourth-order valence-electron chi connectivity index (χ4n) is 3.93. The van der Waals surface area contributed by atoms with Crippen LogP contribution in [0.4, 0.5) is 0 Å². The van der Waals surface area contributed by atoms with E-state index in [1.165, 1.54) is 23.0 Å². The van der Waals surface area contributed by atoms with Crippen LogP contribution in [0.25, 0.3) is 0 Å². The Morgan fingerprint density at radius 1 is 1.00 bits per heavy atom. The number of rotatable bonds is 12. The van der Waals surface area contributed by atoms with Crippen molar-refractivity contribution in [2.45, 2.75) is 57.9 Å². The van der Waals surface area contributed by atoms with Crippen molar-refractivity contribution in [3.05, 3.63) is 92.6 Å². The van der Waals surface area contributed by atoms with E-state index in [9.17, 15) is 17.8 Å². The number of aromatic nitrogens is 5. The molecule has 42 heavy (non-hydrogen) atoms. The topological polar surface area (TPSA) is 148 Å². The van der Waals surface area contributed by atoms with Crippen molar-refractivity contribution in [3.63, 3.8) is 0 Å². The van der Waals surface area contributed by atoms with E-state index < -0.39 is 21.2 Å². The molecule has 0 unspecified atom stereocenters. The summed E-state index contributed by atoms with van der Waals surface area (Å²) in [5.74, 6) is 0.570. The molecule has 0 amide bonds. The minimum absolute atomic E-state index is 0.0125. The number of hydrogen-bond donors (Lipinski definition) is 1. The lowest BCUT2D eigenvalue weighted by atomic mass is 10.1. The van der Waals surface area contributed by atoms with E-state index in [2.05, 4.69) is 15.4 Å². The van der Waals surface area contributed by atoms with Gasteiger partial charge in [0.2, 0.25) is 0 Å². The summed E-state index contributed by atoms with van der Waals surface area (Å²) in [7, 11) is -4.31. The molecule has 4 aromatic rings. The average molecular weight is 618 g/mol. The molecule has 0 saturated heterocycles. The van der Waals surface area contributed by atoms with E-state index in [0.29, 0.717) is 18.0 Å². The molecular formula is C28H32ClN5O7S. The number of halogens is 1. The number of benzene rings is 2. The van der Waals surface area contributed by atoms with Gasteiger partial charge in [-0.05, 0) is 50.5 Å². The van der Waals surface area contributed by atoms with E-state index in [1.54, 1.807) is 23.9 Å². The van der Waals surface area contributed by atoms with Crippen molar-refractivity contribution in [2.24, 2.45) is 0 Å². The predicted molar refractivity (Wildman–Crippen MR) is 155 cm³/mol. The molecule has 2 heterocycles. The van der Waals surface area contributed by atoms with Crippen LogP contribution in [-0.4, -0.2) is 51.0 Å². The van der Waals surface area contributed by atoms with Gasteiger partial charge in [0.25, 0.3) is 15.7 Å². The summed E-state index contributed by atoms with van der Waals surface area (Å²) in [6.07, 6.45) is 3.23. The fraction of sp³-hybridized carbons (Fsp3) is 0.357. The summed E-state index contributed by atoms with van der Waals surface area (Å²) in [6, 6.07) is 11.9. The van der Waals surface area contributed by atoms with Gasteiger partial charge < -0.3 is 14.2 Å². The molecule has 0 saturated carbocycles. The van der Waals surface area contributed by atoms with E-state index in [4.69, 9.17) is 25.8 Å². The monoisotopic (exact) mass is 617 g/mol. The molecule has 1 N–H and O–H groups in total. The van der Waals surface area contributed by atoms with Crippen LogP contribution in [0.1, 0.15) is 43.2 Å². The maximum absolute atomic E-state index is 12.5. The van der Waals surface area contributed by atoms with E-state index in [1.807, 2.05) is 45.0 Å². The summed E-state index contributed by atoms with van der Waals surface area (Å²) in [5.41, 5.74) is 2.30. The normalized spacial score (nSPS) is 12.0. The average Bonchev–Trinajstić information content (AvgIpc) is 3.36. The van der Waals surface area contributed by atoms with Gasteiger partial charge in [0, 0.05) is 6.07 Å². The van der Waals surface area contributed by atoms with Crippen molar-refractivity contribution in [3.8, 4) is 11.5 Å². The summed E-state index contributed by atoms with van der Waals surface area (Å²) >= 11 is 6.26. The lowest BCUT2D eigenvalue weighted by molar-refractivity contribution is 0.0866. The third-order valence-corrected chi connectivity index (χ3v) is 7.23. The van der Waals surface area contributed by atoms with Crippen molar-refractivity contribution >= 4 is 21.7 Å². The first kappa shape index (κ1) is 31.2. The largest absolute Gasteiger partial charge is 0.491 e. The van der Waals surface area contributed by atoms with Crippen LogP contribution >= 0.6 is 11.6 Å². The molecule has 0 aliphatic carbocycles. The molecule has 0 aliphatic rings. The van der Waals surface area contributed by atoms with Crippen LogP contribution in [-0.2, 0) is 40.2 Å². The molecule has 2 aromatic carbocycles. The molecule has 0 atom stereocenters. The number of hydrogen-bond acceptors (Lipinski definition) is 9. The molecule has 0 bridgehead atoms. The summed E-state index contributed by atoms with van der Waals surface area (Å²) < 4.78 is 51.9. The highest BCUT2D eigenvalue weighted by atomic mass is 35.5. The first-order valence-corrected chi connectivity index (χ1v) is 14.8. The Labute approximate surface area is 248 Å². The molecule has 4 rings (SSSR count). The van der Waals surface area contributed by atoms with Crippen LogP contribution in [0.5, 0.6) is 11.5 Å². The van der Waals surface area contributed by atoms with Crippen molar-refractivity contribution in [1.82, 2.24) is 24.8 Å². The van der Waals surface area contributed by atoms with Gasteiger partial charge in [0.15, 0.2) is 10.8 Å². The molecule has 14 heteroatoms. The third-order valence-electron chi connectivity index (χ3n) is 6.03. The maximum atomic E-state index is 12.5. The predicted octanol–water partition coefficient (Wildman–Crippen LogP) is 4.02. The van der Waals surface area contributed by atoms with E-state index in [-0.39, 0.29) is 42.1 Å². The molecule has 0 spiro atoms. The summed E-state index contributed by atoms with van der Waals surface area (Å²) in [5, 5.41) is 12.5. The van der Waals surface area contributed by atoms with Gasteiger partial charge in [-0.15, -0.1) is 5.10 Å². The van der Waals surface area contributed by atoms with Crippen LogP contribution in [0.2, 0.25) is 5.02 Å². The van der Waals surface area contributed by atoms with Crippen LogP contribution in [0.15, 0.2) is 64.5 Å². The van der Waals surface area contributed by atoms with Gasteiger partial charge in [-0.25, -0.2) is 9.36 Å². The highest BCUT2D eigenvalue weighted by Gasteiger charge is 2.20. The molecule has 12 nitrogen and oxygen atoms in total. The first-order chi connectivity index (χ1) is 19.8. The van der Waals surface area contributed by atoms with E-state index in [0.717, 1.165) is 16.7 Å². The van der Waals surface area contributed by atoms with Gasteiger partial charge in [-0.2, -0.15) is 13.5 Å². The Kier molecular flexibility index (Phi) is 9.67. The van der Waals surface area contributed by atoms with Gasteiger partial charge >= 0.3 is 0 Å². The van der Waals surface area contributed by atoms with Crippen molar-refractivity contribution in [2.75, 3.05) is 13.2 Å². The molecule has 0 radical (unpaired) electrons. The molecular weight excluding hydrogens is 586 g/mol. The van der Waals surface area contributed by atoms with Crippen molar-refractivity contribution < 1.29 is 27.2 Å². The Balaban J connectivity index is 1.26.